The maximum atomic E-state index is 11.6. The van der Waals surface area contributed by atoms with Crippen LogP contribution in [0, 0.1) is 6.92 Å². The van der Waals surface area contributed by atoms with E-state index in [-0.39, 0.29) is 5.56 Å². The van der Waals surface area contributed by atoms with Gasteiger partial charge < -0.3 is 5.11 Å². The number of aryl methyl sites for hydroxylation is 1. The summed E-state index contributed by atoms with van der Waals surface area (Å²) in [7, 11) is 0. The van der Waals surface area contributed by atoms with Crippen molar-refractivity contribution < 1.29 is 9.90 Å². The van der Waals surface area contributed by atoms with Gasteiger partial charge in [-0.2, -0.15) is 0 Å². The second-order valence-electron chi connectivity index (χ2n) is 4.93. The molecule has 0 saturated carbocycles. The molecule has 2 aromatic carbocycles. The van der Waals surface area contributed by atoms with Crippen LogP contribution in [0.4, 0.5) is 0 Å². The van der Waals surface area contributed by atoms with Crippen molar-refractivity contribution in [1.82, 2.24) is 4.98 Å². The lowest BCUT2D eigenvalue weighted by Gasteiger charge is -2.11. The minimum absolute atomic E-state index is 0.180. The molecule has 0 fully saturated rings. The average Bonchev–Trinajstić information content (AvgIpc) is 2.47. The van der Waals surface area contributed by atoms with E-state index >= 15 is 0 Å². The Kier molecular flexibility index (Phi) is 3.77. The zero-order valence-electron chi connectivity index (χ0n) is 11.6. The van der Waals surface area contributed by atoms with Gasteiger partial charge in [-0.1, -0.05) is 47.5 Å². The number of carboxylic acids is 1. The van der Waals surface area contributed by atoms with Crippen LogP contribution in [0.1, 0.15) is 15.9 Å². The molecule has 5 heteroatoms. The van der Waals surface area contributed by atoms with Gasteiger partial charge in [-0.05, 0) is 30.7 Å². The van der Waals surface area contributed by atoms with Crippen LogP contribution in [-0.2, 0) is 0 Å². The van der Waals surface area contributed by atoms with Crippen molar-refractivity contribution in [3.05, 3.63) is 63.6 Å². The quantitative estimate of drug-likeness (QED) is 0.700. The third-order valence-electron chi connectivity index (χ3n) is 3.49. The summed E-state index contributed by atoms with van der Waals surface area (Å²) >= 11 is 12.4. The fourth-order valence-corrected chi connectivity index (χ4v) is 3.03. The Labute approximate surface area is 137 Å². The third-order valence-corrected chi connectivity index (χ3v) is 4.12. The Balaban J connectivity index is 2.42. The van der Waals surface area contributed by atoms with E-state index in [4.69, 9.17) is 23.2 Å². The number of hydrogen-bond acceptors (Lipinski definition) is 2. The van der Waals surface area contributed by atoms with Crippen LogP contribution in [0.15, 0.2) is 42.5 Å². The first kappa shape index (κ1) is 14.8. The molecule has 0 unspecified atom stereocenters. The van der Waals surface area contributed by atoms with Crippen LogP contribution in [0.2, 0.25) is 10.0 Å². The Bertz CT molecular complexity index is 886. The van der Waals surface area contributed by atoms with E-state index in [2.05, 4.69) is 4.98 Å². The highest BCUT2D eigenvalue weighted by Crippen LogP contribution is 2.35. The highest BCUT2D eigenvalue weighted by molar-refractivity contribution is 6.39. The highest BCUT2D eigenvalue weighted by Gasteiger charge is 2.17. The summed E-state index contributed by atoms with van der Waals surface area (Å²) in [6, 6.07) is 12.1. The van der Waals surface area contributed by atoms with Gasteiger partial charge >= 0.3 is 5.97 Å². The van der Waals surface area contributed by atoms with Crippen LogP contribution < -0.4 is 0 Å². The number of fused-ring (bicyclic) bond motifs is 1. The predicted molar refractivity (Wildman–Crippen MR) is 88.9 cm³/mol. The zero-order chi connectivity index (χ0) is 15.9. The Morgan fingerprint density at radius 1 is 1.09 bits per heavy atom. The molecule has 3 nitrogen and oxygen atoms in total. The monoisotopic (exact) mass is 331 g/mol. The van der Waals surface area contributed by atoms with Crippen molar-refractivity contribution in [2.75, 3.05) is 0 Å². The van der Waals surface area contributed by atoms with E-state index in [1.54, 1.807) is 24.3 Å². The van der Waals surface area contributed by atoms with Gasteiger partial charge in [-0.3, -0.25) is 0 Å². The number of aromatic nitrogens is 1. The van der Waals surface area contributed by atoms with Crippen molar-refractivity contribution in [2.24, 2.45) is 0 Å². The minimum Gasteiger partial charge on any atom is -0.478 e. The second kappa shape index (κ2) is 5.59. The van der Waals surface area contributed by atoms with E-state index in [1.165, 1.54) is 6.07 Å². The lowest BCUT2D eigenvalue weighted by atomic mass is 10.0. The fraction of sp³-hybridized carbons (Fsp3) is 0.0588. The summed E-state index contributed by atoms with van der Waals surface area (Å²) in [5.41, 5.74) is 2.70. The maximum absolute atomic E-state index is 11.6. The number of carbonyl (C=O) groups is 1. The number of para-hydroxylation sites is 1. The molecule has 0 amide bonds. The van der Waals surface area contributed by atoms with Crippen LogP contribution >= 0.6 is 23.2 Å². The van der Waals surface area contributed by atoms with Crippen molar-refractivity contribution in [3.8, 4) is 11.3 Å². The summed E-state index contributed by atoms with van der Waals surface area (Å²) in [6.45, 7) is 1.89. The molecule has 0 aliphatic heterocycles. The molecule has 1 heterocycles. The van der Waals surface area contributed by atoms with Gasteiger partial charge in [-0.25, -0.2) is 9.78 Å². The molecule has 0 spiro atoms. The topological polar surface area (TPSA) is 50.2 Å². The van der Waals surface area contributed by atoms with Crippen molar-refractivity contribution >= 4 is 40.1 Å². The Morgan fingerprint density at radius 2 is 1.73 bits per heavy atom. The first-order valence-corrected chi connectivity index (χ1v) is 7.32. The number of hydrogen-bond donors (Lipinski definition) is 1. The summed E-state index contributed by atoms with van der Waals surface area (Å²) in [5, 5.41) is 11.0. The lowest BCUT2D eigenvalue weighted by Crippen LogP contribution is -2.01. The van der Waals surface area contributed by atoms with Gasteiger partial charge in [0.1, 0.15) is 0 Å². The van der Waals surface area contributed by atoms with Crippen molar-refractivity contribution in [2.45, 2.75) is 6.92 Å². The molecule has 0 atom stereocenters. The predicted octanol–water partition coefficient (Wildman–Crippen LogP) is 5.22. The fourth-order valence-electron chi connectivity index (χ4n) is 2.44. The van der Waals surface area contributed by atoms with Gasteiger partial charge in [0.15, 0.2) is 0 Å². The van der Waals surface area contributed by atoms with E-state index < -0.39 is 5.97 Å². The summed E-state index contributed by atoms with van der Waals surface area (Å²) in [4.78, 5) is 16.2. The molecule has 0 radical (unpaired) electrons. The standard InChI is InChI=1S/C17H11Cl2NO2/c1-9-4-2-5-10-11(17(21)22)8-14(20-16(9)10)15-12(18)6-3-7-13(15)19/h2-8H,1H3,(H,21,22). The van der Waals surface area contributed by atoms with E-state index in [1.807, 2.05) is 19.1 Å². The first-order valence-electron chi connectivity index (χ1n) is 6.57. The number of benzene rings is 2. The minimum atomic E-state index is -1.01. The van der Waals surface area contributed by atoms with Gasteiger partial charge in [0.2, 0.25) is 0 Å². The van der Waals surface area contributed by atoms with Crippen molar-refractivity contribution in [3.63, 3.8) is 0 Å². The van der Waals surface area contributed by atoms with E-state index in [9.17, 15) is 9.90 Å². The van der Waals surface area contributed by atoms with Gasteiger partial charge in [0.05, 0.1) is 26.8 Å². The van der Waals surface area contributed by atoms with E-state index in [0.29, 0.717) is 32.2 Å². The summed E-state index contributed by atoms with van der Waals surface area (Å²) in [6.07, 6.45) is 0. The van der Waals surface area contributed by atoms with Crippen LogP contribution in [0.5, 0.6) is 0 Å². The third kappa shape index (κ3) is 2.43. The number of halogens is 2. The van der Waals surface area contributed by atoms with Gasteiger partial charge in [0.25, 0.3) is 0 Å². The van der Waals surface area contributed by atoms with Gasteiger partial charge in [-0.15, -0.1) is 0 Å². The Morgan fingerprint density at radius 3 is 2.36 bits per heavy atom. The average molecular weight is 332 g/mol. The normalized spacial score (nSPS) is 10.9. The number of rotatable bonds is 2. The van der Waals surface area contributed by atoms with Crippen LogP contribution in [0.25, 0.3) is 22.2 Å². The molecule has 1 N–H and O–H groups in total. The molecule has 0 bridgehead atoms. The SMILES string of the molecule is Cc1cccc2c(C(=O)O)cc(-c3c(Cl)cccc3Cl)nc12. The van der Waals surface area contributed by atoms with Crippen LogP contribution in [-0.4, -0.2) is 16.1 Å². The van der Waals surface area contributed by atoms with Gasteiger partial charge in [0, 0.05) is 10.9 Å². The van der Waals surface area contributed by atoms with Crippen molar-refractivity contribution in [1.29, 1.82) is 0 Å². The number of aromatic carboxylic acids is 1. The smallest absolute Gasteiger partial charge is 0.336 e. The molecular weight excluding hydrogens is 321 g/mol. The summed E-state index contributed by atoms with van der Waals surface area (Å²) in [5.74, 6) is -1.01. The number of carboxylic acid groups (broad SMARTS) is 1. The van der Waals surface area contributed by atoms with Crippen LogP contribution in [0.3, 0.4) is 0 Å². The molecule has 22 heavy (non-hydrogen) atoms. The first-order chi connectivity index (χ1) is 10.5. The molecule has 110 valence electrons. The number of nitrogens with zero attached hydrogens (tertiary/aromatic N) is 1. The maximum Gasteiger partial charge on any atom is 0.336 e. The second-order valence-corrected chi connectivity index (χ2v) is 5.74. The molecule has 3 aromatic rings. The number of pyridine rings is 1. The molecule has 1 aromatic heterocycles. The molecule has 0 aliphatic rings. The molecule has 0 saturated heterocycles. The molecular formula is C17H11Cl2NO2. The van der Waals surface area contributed by atoms with E-state index in [0.717, 1.165) is 5.56 Å². The molecule has 3 rings (SSSR count). The Hall–Kier alpha value is -2.10. The largest absolute Gasteiger partial charge is 0.478 e. The lowest BCUT2D eigenvalue weighted by molar-refractivity contribution is 0.0699. The molecule has 0 aliphatic carbocycles. The highest BCUT2D eigenvalue weighted by atomic mass is 35.5. The zero-order valence-corrected chi connectivity index (χ0v) is 13.1. The summed E-state index contributed by atoms with van der Waals surface area (Å²) < 4.78 is 0.